The third-order valence-electron chi connectivity index (χ3n) is 5.59. The SMILES string of the molecule is C=P(c1ccccc1)(c1ccccc1)c1ccccc1.[3H][C@H]1CC(C(C)=O)[C@@H](CC)O1. The van der Waals surface area contributed by atoms with Crippen LogP contribution in [-0.4, -0.2) is 24.8 Å². The zero-order chi connectivity index (χ0) is 22.3. The lowest BCUT2D eigenvalue weighted by molar-refractivity contribution is -0.122. The molecule has 0 aromatic heterocycles. The molecular formula is C27H31O2P. The van der Waals surface area contributed by atoms with E-state index in [0.29, 0.717) is 6.42 Å². The smallest absolute Gasteiger partial charge is 0.135 e. The minimum atomic E-state index is -1.78. The van der Waals surface area contributed by atoms with Gasteiger partial charge in [-0.3, -0.25) is 4.79 Å². The lowest BCUT2D eigenvalue weighted by Crippen LogP contribution is -2.25. The Morgan fingerprint density at radius 3 is 1.63 bits per heavy atom. The van der Waals surface area contributed by atoms with Gasteiger partial charge in [-0.2, -0.15) is 0 Å². The van der Waals surface area contributed by atoms with Crippen LogP contribution in [-0.2, 0) is 9.53 Å². The van der Waals surface area contributed by atoms with Gasteiger partial charge in [-0.15, -0.1) is 0 Å². The molecule has 1 unspecified atom stereocenters. The Balaban J connectivity index is 0.000000210. The van der Waals surface area contributed by atoms with E-state index < -0.39 is 13.5 Å². The normalized spacial score (nSPS) is 21.3. The van der Waals surface area contributed by atoms with Crippen LogP contribution < -0.4 is 15.9 Å². The van der Waals surface area contributed by atoms with Gasteiger partial charge in [-0.25, -0.2) is 0 Å². The van der Waals surface area contributed by atoms with Crippen LogP contribution in [0.2, 0.25) is 0 Å². The Labute approximate surface area is 182 Å². The highest BCUT2D eigenvalue weighted by molar-refractivity contribution is 7.93. The standard InChI is InChI=1S/C19H17P.C8H14O2/c1-20(17-11-5-2-6-12-17,18-13-7-3-8-14-18)19-15-9-4-10-16-19;1-3-8-7(6(2)9)4-5-10-8/h2-16H,1H2;7-8H,3-5H2,1-2H3/t;7?,8-/m.1/s1/i;5T/t;5-,7?,8+/m.0. The van der Waals surface area contributed by atoms with E-state index >= 15 is 0 Å². The van der Waals surface area contributed by atoms with E-state index in [4.69, 9.17) is 12.4 Å². The summed E-state index contributed by atoms with van der Waals surface area (Å²) in [4.78, 5) is 11.0. The quantitative estimate of drug-likeness (QED) is 0.554. The van der Waals surface area contributed by atoms with Crippen LogP contribution in [0.3, 0.4) is 0 Å². The van der Waals surface area contributed by atoms with E-state index in [1.54, 1.807) is 6.92 Å². The van der Waals surface area contributed by atoms with Crippen LogP contribution in [0, 0.1) is 5.92 Å². The van der Waals surface area contributed by atoms with Crippen LogP contribution in [0.5, 0.6) is 0 Å². The molecule has 0 amide bonds. The maximum atomic E-state index is 11.0. The second-order valence-corrected chi connectivity index (χ2v) is 10.7. The number of rotatable bonds is 5. The van der Waals surface area contributed by atoms with E-state index in [1.807, 2.05) is 6.92 Å². The van der Waals surface area contributed by atoms with Crippen LogP contribution >= 0.6 is 6.89 Å². The summed E-state index contributed by atoms with van der Waals surface area (Å²) < 4.78 is 12.5. The highest BCUT2D eigenvalue weighted by Gasteiger charge is 2.29. The van der Waals surface area contributed by atoms with Gasteiger partial charge >= 0.3 is 0 Å². The number of hydrogen-bond acceptors (Lipinski definition) is 2. The average Bonchev–Trinajstić information content (AvgIpc) is 3.22. The molecule has 1 aliphatic rings. The molecule has 1 saturated heterocycles. The zero-order valence-corrected chi connectivity index (χ0v) is 18.7. The Morgan fingerprint density at radius 2 is 1.33 bits per heavy atom. The Kier molecular flexibility index (Phi) is 7.34. The molecule has 0 N–H and O–H groups in total. The maximum Gasteiger partial charge on any atom is 0.135 e. The van der Waals surface area contributed by atoms with E-state index in [9.17, 15) is 4.79 Å². The van der Waals surface area contributed by atoms with Crippen molar-refractivity contribution in [1.29, 1.82) is 0 Å². The van der Waals surface area contributed by atoms with Gasteiger partial charge in [0, 0.05) is 12.5 Å². The third-order valence-corrected chi connectivity index (χ3v) is 9.12. The summed E-state index contributed by atoms with van der Waals surface area (Å²) in [6.07, 6.45) is 6.10. The maximum absolute atomic E-state index is 11.0. The second kappa shape index (κ2) is 10.6. The molecule has 2 nitrogen and oxygen atoms in total. The first-order valence-electron chi connectivity index (χ1n) is 11.0. The van der Waals surface area contributed by atoms with Gasteiger partial charge in [-0.1, -0.05) is 104 Å². The molecule has 1 aliphatic heterocycles. The Bertz CT molecular complexity index is 902. The van der Waals surface area contributed by atoms with Crippen LogP contribution in [0.25, 0.3) is 0 Å². The van der Waals surface area contributed by atoms with Crippen molar-refractivity contribution in [3.63, 3.8) is 0 Å². The highest BCUT2D eigenvalue weighted by Crippen LogP contribution is 2.41. The summed E-state index contributed by atoms with van der Waals surface area (Å²) in [5.41, 5.74) is 0. The summed E-state index contributed by atoms with van der Waals surface area (Å²) in [5, 5.41) is 3.95. The number of carbonyl (C=O) groups is 1. The summed E-state index contributed by atoms with van der Waals surface area (Å²) in [6, 6.07) is 31.9. The van der Waals surface area contributed by atoms with E-state index in [2.05, 4.69) is 91.0 Å². The van der Waals surface area contributed by atoms with Crippen molar-refractivity contribution in [3.8, 4) is 0 Å². The molecule has 0 spiro atoms. The predicted octanol–water partition coefficient (Wildman–Crippen LogP) is 4.80. The monoisotopic (exact) mass is 420 g/mol. The topological polar surface area (TPSA) is 26.3 Å². The summed E-state index contributed by atoms with van der Waals surface area (Å²) >= 11 is 0. The molecule has 1 heterocycles. The largest absolute Gasteiger partial charge is 0.377 e. The molecule has 3 aromatic rings. The third kappa shape index (κ3) is 5.01. The van der Waals surface area contributed by atoms with Gasteiger partial charge in [0.2, 0.25) is 0 Å². The molecule has 0 bridgehead atoms. The van der Waals surface area contributed by atoms with Crippen molar-refractivity contribution < 1.29 is 10.9 Å². The molecule has 0 saturated carbocycles. The lowest BCUT2D eigenvalue weighted by atomic mass is 9.96. The molecule has 3 atom stereocenters. The number of carbonyl (C=O) groups excluding carboxylic acids is 1. The first-order chi connectivity index (χ1) is 15.0. The van der Waals surface area contributed by atoms with Crippen molar-refractivity contribution in [3.05, 3.63) is 91.0 Å². The number of Topliss-reactive ketones (excluding diaryl/α,β-unsaturated/α-hetero) is 1. The molecule has 0 aliphatic carbocycles. The molecule has 4 rings (SSSR count). The van der Waals surface area contributed by atoms with Gasteiger partial charge in [-0.05, 0) is 42.6 Å². The molecule has 3 heteroatoms. The number of hydrogen-bond donors (Lipinski definition) is 0. The summed E-state index contributed by atoms with van der Waals surface area (Å²) in [7, 11) is 0. The first kappa shape index (κ1) is 20.8. The number of benzene rings is 3. The van der Waals surface area contributed by atoms with Crippen LogP contribution in [0.15, 0.2) is 91.0 Å². The number of ketones is 1. The molecular weight excluding hydrogens is 387 g/mol. The molecule has 30 heavy (non-hydrogen) atoms. The second-order valence-electron chi connectivity index (χ2n) is 7.52. The predicted molar refractivity (Wildman–Crippen MR) is 131 cm³/mol. The fraction of sp³-hybridized carbons (Fsp3) is 0.259. The molecule has 156 valence electrons. The fourth-order valence-corrected chi connectivity index (χ4v) is 6.77. The van der Waals surface area contributed by atoms with Crippen LogP contribution in [0.1, 0.15) is 28.1 Å². The van der Waals surface area contributed by atoms with E-state index in [-0.39, 0.29) is 17.8 Å². The zero-order valence-electron chi connectivity index (χ0n) is 18.8. The number of ether oxygens (including phenoxy) is 1. The van der Waals surface area contributed by atoms with Gasteiger partial charge in [0.05, 0.1) is 7.47 Å². The van der Waals surface area contributed by atoms with Crippen molar-refractivity contribution in [2.45, 2.75) is 32.8 Å². The minimum Gasteiger partial charge on any atom is -0.377 e. The molecule has 3 aromatic carbocycles. The minimum absolute atomic E-state index is 0.00463. The Hall–Kier alpha value is -2.41. The highest BCUT2D eigenvalue weighted by atomic mass is 31.2. The van der Waals surface area contributed by atoms with Crippen molar-refractivity contribution in [2.75, 3.05) is 6.58 Å². The van der Waals surface area contributed by atoms with Crippen molar-refractivity contribution in [2.24, 2.45) is 5.92 Å². The Morgan fingerprint density at radius 1 is 0.933 bits per heavy atom. The van der Waals surface area contributed by atoms with E-state index in [0.717, 1.165) is 6.42 Å². The van der Waals surface area contributed by atoms with Gasteiger partial charge in [0.1, 0.15) is 5.78 Å². The van der Waals surface area contributed by atoms with E-state index in [1.165, 1.54) is 15.9 Å². The van der Waals surface area contributed by atoms with Gasteiger partial charge in [0.15, 0.2) is 0 Å². The van der Waals surface area contributed by atoms with Crippen LogP contribution in [0.4, 0.5) is 0 Å². The van der Waals surface area contributed by atoms with Crippen molar-refractivity contribution in [1.82, 2.24) is 0 Å². The average molecular weight is 421 g/mol. The fourth-order valence-electron chi connectivity index (χ4n) is 3.83. The van der Waals surface area contributed by atoms with Crippen molar-refractivity contribution >= 4 is 34.9 Å². The molecule has 0 radical (unpaired) electrons. The van der Waals surface area contributed by atoms with Gasteiger partial charge in [0.25, 0.3) is 0 Å². The van der Waals surface area contributed by atoms with Gasteiger partial charge < -0.3 is 4.74 Å². The summed E-state index contributed by atoms with van der Waals surface area (Å²) in [6.45, 7) is 1.31. The first-order valence-corrected chi connectivity index (χ1v) is 12.4. The lowest BCUT2D eigenvalue weighted by Gasteiger charge is -2.26. The summed E-state index contributed by atoms with van der Waals surface area (Å²) in [5.74, 6) is 0.133. The molecule has 1 fully saturated rings.